The number of nitrogens with zero attached hydrogens (tertiary/aromatic N) is 3. The average molecular weight is 236 g/mol. The molecule has 2 rings (SSSR count). The van der Waals surface area contributed by atoms with Crippen LogP contribution in [-0.2, 0) is 4.74 Å². The second-order valence-electron chi connectivity index (χ2n) is 4.18. The molecule has 1 aromatic heterocycles. The summed E-state index contributed by atoms with van der Waals surface area (Å²) in [7, 11) is 0. The largest absolute Gasteiger partial charge is 0.377 e. The molecule has 1 fully saturated rings. The van der Waals surface area contributed by atoms with E-state index in [0.29, 0.717) is 6.04 Å². The zero-order chi connectivity index (χ0) is 11.9. The lowest BCUT2D eigenvalue weighted by atomic mass is 10.2. The molecule has 1 aromatic rings. The highest BCUT2D eigenvalue weighted by atomic mass is 16.5. The van der Waals surface area contributed by atoms with Crippen molar-refractivity contribution in [2.75, 3.05) is 37.7 Å². The molecular formula is C12H20N4O. The first-order valence-corrected chi connectivity index (χ1v) is 6.24. The van der Waals surface area contributed by atoms with Crippen LogP contribution in [0, 0.1) is 0 Å². The SMILES string of the molecule is CCCNCC1COCCN1c1ncccn1. The van der Waals surface area contributed by atoms with Crippen molar-refractivity contribution in [2.45, 2.75) is 19.4 Å². The summed E-state index contributed by atoms with van der Waals surface area (Å²) in [6.45, 7) is 6.49. The van der Waals surface area contributed by atoms with E-state index < -0.39 is 0 Å². The van der Waals surface area contributed by atoms with Crippen molar-refractivity contribution in [1.29, 1.82) is 0 Å². The highest BCUT2D eigenvalue weighted by Crippen LogP contribution is 2.13. The van der Waals surface area contributed by atoms with Crippen molar-refractivity contribution in [3.63, 3.8) is 0 Å². The number of anilines is 1. The van der Waals surface area contributed by atoms with E-state index >= 15 is 0 Å². The van der Waals surface area contributed by atoms with Gasteiger partial charge in [0.25, 0.3) is 0 Å². The first kappa shape index (κ1) is 12.3. The van der Waals surface area contributed by atoms with Gasteiger partial charge in [-0.2, -0.15) is 0 Å². The molecule has 0 aliphatic carbocycles. The summed E-state index contributed by atoms with van der Waals surface area (Å²) in [6, 6.07) is 2.17. The first-order chi connectivity index (χ1) is 8.42. The van der Waals surface area contributed by atoms with E-state index in [1.54, 1.807) is 12.4 Å². The van der Waals surface area contributed by atoms with Gasteiger partial charge in [-0.3, -0.25) is 0 Å². The van der Waals surface area contributed by atoms with Gasteiger partial charge in [-0.1, -0.05) is 6.92 Å². The zero-order valence-electron chi connectivity index (χ0n) is 10.3. The Morgan fingerprint density at radius 1 is 1.47 bits per heavy atom. The van der Waals surface area contributed by atoms with Gasteiger partial charge in [0.15, 0.2) is 0 Å². The predicted molar refractivity (Wildman–Crippen MR) is 67.1 cm³/mol. The van der Waals surface area contributed by atoms with Crippen molar-refractivity contribution in [2.24, 2.45) is 0 Å². The van der Waals surface area contributed by atoms with E-state index in [1.165, 1.54) is 0 Å². The standard InChI is InChI=1S/C12H20N4O/c1-2-4-13-9-11-10-17-8-7-16(11)12-14-5-3-6-15-12/h3,5-6,11,13H,2,4,7-10H2,1H3. The molecule has 0 bridgehead atoms. The summed E-state index contributed by atoms with van der Waals surface area (Å²) in [4.78, 5) is 10.9. The van der Waals surface area contributed by atoms with Crippen molar-refractivity contribution >= 4 is 5.95 Å². The van der Waals surface area contributed by atoms with Crippen LogP contribution in [0.3, 0.4) is 0 Å². The molecule has 0 amide bonds. The van der Waals surface area contributed by atoms with E-state index in [0.717, 1.165) is 45.2 Å². The van der Waals surface area contributed by atoms with E-state index in [-0.39, 0.29) is 0 Å². The molecule has 1 aliphatic rings. The van der Waals surface area contributed by atoms with Gasteiger partial charge in [-0.15, -0.1) is 0 Å². The second-order valence-corrected chi connectivity index (χ2v) is 4.18. The van der Waals surface area contributed by atoms with Gasteiger partial charge in [-0.25, -0.2) is 9.97 Å². The van der Waals surface area contributed by atoms with Crippen molar-refractivity contribution < 1.29 is 4.74 Å². The molecule has 1 unspecified atom stereocenters. The second kappa shape index (κ2) is 6.51. The van der Waals surface area contributed by atoms with Crippen LogP contribution >= 0.6 is 0 Å². The van der Waals surface area contributed by atoms with Crippen molar-refractivity contribution in [3.8, 4) is 0 Å². The normalized spacial score (nSPS) is 20.5. The van der Waals surface area contributed by atoms with E-state index in [4.69, 9.17) is 4.74 Å². The minimum absolute atomic E-state index is 0.331. The number of rotatable bonds is 5. The molecule has 0 radical (unpaired) electrons. The maximum Gasteiger partial charge on any atom is 0.225 e. The summed E-state index contributed by atoms with van der Waals surface area (Å²) in [6.07, 6.45) is 4.72. The number of aromatic nitrogens is 2. The first-order valence-electron chi connectivity index (χ1n) is 6.24. The molecule has 5 nitrogen and oxygen atoms in total. The number of morpholine rings is 1. The zero-order valence-corrected chi connectivity index (χ0v) is 10.3. The van der Waals surface area contributed by atoms with Crippen LogP contribution < -0.4 is 10.2 Å². The molecule has 5 heteroatoms. The van der Waals surface area contributed by atoms with Crippen molar-refractivity contribution in [1.82, 2.24) is 15.3 Å². The van der Waals surface area contributed by atoms with Gasteiger partial charge < -0.3 is 15.0 Å². The predicted octanol–water partition coefficient (Wildman–Crippen LogP) is 0.681. The Labute approximate surface area is 102 Å². The fourth-order valence-electron chi connectivity index (χ4n) is 1.97. The van der Waals surface area contributed by atoms with Crippen LogP contribution in [0.1, 0.15) is 13.3 Å². The fraction of sp³-hybridized carbons (Fsp3) is 0.667. The quantitative estimate of drug-likeness (QED) is 0.762. The molecule has 94 valence electrons. The molecule has 0 saturated carbocycles. The monoisotopic (exact) mass is 236 g/mol. The van der Waals surface area contributed by atoms with Gasteiger partial charge in [0.1, 0.15) is 0 Å². The van der Waals surface area contributed by atoms with E-state index in [1.807, 2.05) is 6.07 Å². The lowest BCUT2D eigenvalue weighted by Crippen LogP contribution is -2.51. The molecule has 1 atom stereocenters. The summed E-state index contributed by atoms with van der Waals surface area (Å²) in [5.74, 6) is 0.805. The smallest absolute Gasteiger partial charge is 0.225 e. The van der Waals surface area contributed by atoms with Gasteiger partial charge in [0.05, 0.1) is 19.3 Å². The Kier molecular flexibility index (Phi) is 4.70. The molecule has 1 saturated heterocycles. The van der Waals surface area contributed by atoms with Crippen LogP contribution in [0.15, 0.2) is 18.5 Å². The van der Waals surface area contributed by atoms with E-state index in [9.17, 15) is 0 Å². The number of ether oxygens (including phenoxy) is 1. The van der Waals surface area contributed by atoms with Crippen molar-refractivity contribution in [3.05, 3.63) is 18.5 Å². The number of hydrogen-bond acceptors (Lipinski definition) is 5. The van der Waals surface area contributed by atoms with Crippen LogP contribution in [0.2, 0.25) is 0 Å². The molecule has 1 aliphatic heterocycles. The van der Waals surface area contributed by atoms with Crippen LogP contribution in [-0.4, -0.2) is 48.9 Å². The Bertz CT molecular complexity index is 320. The third-order valence-corrected chi connectivity index (χ3v) is 2.84. The lowest BCUT2D eigenvalue weighted by Gasteiger charge is -2.35. The highest BCUT2D eigenvalue weighted by Gasteiger charge is 2.24. The van der Waals surface area contributed by atoms with Gasteiger partial charge in [-0.05, 0) is 19.0 Å². The summed E-state index contributed by atoms with van der Waals surface area (Å²) < 4.78 is 5.53. The maximum atomic E-state index is 5.53. The minimum atomic E-state index is 0.331. The number of nitrogens with one attached hydrogen (secondary N) is 1. The highest BCUT2D eigenvalue weighted by molar-refractivity contribution is 5.31. The Balaban J connectivity index is 1.97. The summed E-state index contributed by atoms with van der Waals surface area (Å²) in [5.41, 5.74) is 0. The fourth-order valence-corrected chi connectivity index (χ4v) is 1.97. The molecule has 0 aromatic carbocycles. The Hall–Kier alpha value is -1.20. The number of hydrogen-bond donors (Lipinski definition) is 1. The molecular weight excluding hydrogens is 216 g/mol. The van der Waals surface area contributed by atoms with E-state index in [2.05, 4.69) is 27.1 Å². The molecule has 2 heterocycles. The summed E-state index contributed by atoms with van der Waals surface area (Å²) >= 11 is 0. The molecule has 1 N–H and O–H groups in total. The third kappa shape index (κ3) is 3.38. The molecule has 0 spiro atoms. The minimum Gasteiger partial charge on any atom is -0.377 e. The van der Waals surface area contributed by atoms with Gasteiger partial charge in [0.2, 0.25) is 5.95 Å². The lowest BCUT2D eigenvalue weighted by molar-refractivity contribution is 0.0929. The Morgan fingerprint density at radius 2 is 2.29 bits per heavy atom. The van der Waals surface area contributed by atoms with Gasteiger partial charge >= 0.3 is 0 Å². The van der Waals surface area contributed by atoms with Crippen LogP contribution in [0.5, 0.6) is 0 Å². The average Bonchev–Trinajstić information content (AvgIpc) is 2.41. The van der Waals surface area contributed by atoms with Crippen LogP contribution in [0.4, 0.5) is 5.95 Å². The maximum absolute atomic E-state index is 5.53. The summed E-state index contributed by atoms with van der Waals surface area (Å²) in [5, 5.41) is 3.43. The molecule has 17 heavy (non-hydrogen) atoms. The topological polar surface area (TPSA) is 50.3 Å². The third-order valence-electron chi connectivity index (χ3n) is 2.84. The van der Waals surface area contributed by atoms with Gasteiger partial charge in [0, 0.05) is 25.5 Å². The Morgan fingerprint density at radius 3 is 3.06 bits per heavy atom. The van der Waals surface area contributed by atoms with Crippen LogP contribution in [0.25, 0.3) is 0 Å².